The second-order valence-electron chi connectivity index (χ2n) is 6.25. The van der Waals surface area contributed by atoms with Gasteiger partial charge in [-0.05, 0) is 36.2 Å². The molecule has 1 aliphatic rings. The van der Waals surface area contributed by atoms with E-state index in [2.05, 4.69) is 10.6 Å². The number of para-hydroxylation sites is 1. The van der Waals surface area contributed by atoms with Gasteiger partial charge in [-0.3, -0.25) is 9.59 Å². The Hall–Kier alpha value is -3.03. The second-order valence-corrected chi connectivity index (χ2v) is 6.25. The van der Waals surface area contributed by atoms with Crippen LogP contribution in [0.2, 0.25) is 0 Å². The molecule has 0 spiro atoms. The Morgan fingerprint density at radius 3 is 2.56 bits per heavy atom. The van der Waals surface area contributed by atoms with Crippen molar-refractivity contribution in [1.82, 2.24) is 0 Å². The van der Waals surface area contributed by atoms with Crippen LogP contribution < -0.4 is 15.4 Å². The molecule has 1 atom stereocenters. The number of rotatable bonds is 3. The smallest absolute Gasteiger partial charge is 0.418 e. The van der Waals surface area contributed by atoms with E-state index < -0.39 is 29.5 Å². The van der Waals surface area contributed by atoms with Crippen molar-refractivity contribution in [2.45, 2.75) is 19.5 Å². The van der Waals surface area contributed by atoms with Gasteiger partial charge in [-0.25, -0.2) is 0 Å². The van der Waals surface area contributed by atoms with Gasteiger partial charge in [0.1, 0.15) is 12.4 Å². The first-order chi connectivity index (χ1) is 12.7. The molecule has 2 N–H and O–H groups in total. The zero-order valence-corrected chi connectivity index (χ0v) is 14.4. The monoisotopic (exact) mass is 378 g/mol. The zero-order valence-electron chi connectivity index (χ0n) is 14.4. The standard InChI is InChI=1S/C19H17F3N2O3/c1-11(25)23-14-6-7-16(15(9-14)19(20,21)22)24-18(26)13-8-12-4-2-3-5-17(12)27-10-13/h2-7,9,13H,8,10H2,1H3,(H,23,25)(H,24,26). The average molecular weight is 378 g/mol. The van der Waals surface area contributed by atoms with Crippen LogP contribution >= 0.6 is 0 Å². The lowest BCUT2D eigenvalue weighted by Crippen LogP contribution is -2.33. The topological polar surface area (TPSA) is 67.4 Å². The van der Waals surface area contributed by atoms with Crippen LogP contribution in [0.15, 0.2) is 42.5 Å². The molecule has 2 aromatic rings. The zero-order chi connectivity index (χ0) is 19.6. The van der Waals surface area contributed by atoms with Gasteiger partial charge in [0.15, 0.2) is 0 Å². The summed E-state index contributed by atoms with van der Waals surface area (Å²) in [5.41, 5.74) is -0.552. The number of alkyl halides is 3. The number of carbonyl (C=O) groups is 2. The third-order valence-corrected chi connectivity index (χ3v) is 4.15. The Kier molecular flexibility index (Phi) is 5.07. The van der Waals surface area contributed by atoms with Crippen LogP contribution in [0.4, 0.5) is 24.5 Å². The molecule has 0 radical (unpaired) electrons. The Morgan fingerprint density at radius 2 is 1.85 bits per heavy atom. The van der Waals surface area contributed by atoms with Crippen LogP contribution in [0, 0.1) is 5.92 Å². The summed E-state index contributed by atoms with van der Waals surface area (Å²) < 4.78 is 45.6. The number of hydrogen-bond donors (Lipinski definition) is 2. The minimum absolute atomic E-state index is 0.00255. The number of hydrogen-bond acceptors (Lipinski definition) is 3. The number of nitrogens with one attached hydrogen (secondary N) is 2. The predicted molar refractivity (Wildman–Crippen MR) is 93.5 cm³/mol. The maximum absolute atomic E-state index is 13.4. The summed E-state index contributed by atoms with van der Waals surface area (Å²) in [4.78, 5) is 23.6. The van der Waals surface area contributed by atoms with Crippen LogP contribution in [0.1, 0.15) is 18.1 Å². The number of ether oxygens (including phenoxy) is 1. The highest BCUT2D eigenvalue weighted by atomic mass is 19.4. The van der Waals surface area contributed by atoms with Crippen LogP contribution in [-0.2, 0) is 22.2 Å². The number of halogens is 3. The molecule has 0 saturated carbocycles. The SMILES string of the molecule is CC(=O)Nc1ccc(NC(=O)C2COc3ccccc3C2)c(C(F)(F)F)c1. The van der Waals surface area contributed by atoms with Gasteiger partial charge < -0.3 is 15.4 Å². The van der Waals surface area contributed by atoms with Crippen molar-refractivity contribution in [3.8, 4) is 5.75 Å². The summed E-state index contributed by atoms with van der Waals surface area (Å²) in [7, 11) is 0. The average Bonchev–Trinajstić information content (AvgIpc) is 2.61. The van der Waals surface area contributed by atoms with Gasteiger partial charge in [-0.1, -0.05) is 18.2 Å². The Balaban J connectivity index is 1.80. The molecular weight excluding hydrogens is 361 g/mol. The number of anilines is 2. The van der Waals surface area contributed by atoms with Crippen molar-refractivity contribution in [3.63, 3.8) is 0 Å². The van der Waals surface area contributed by atoms with Gasteiger partial charge in [-0.15, -0.1) is 0 Å². The Labute approximate surface area is 153 Å². The minimum atomic E-state index is -4.69. The molecule has 2 aromatic carbocycles. The van der Waals surface area contributed by atoms with E-state index >= 15 is 0 Å². The lowest BCUT2D eigenvalue weighted by Gasteiger charge is -2.25. The maximum atomic E-state index is 13.4. The largest absolute Gasteiger partial charge is 0.492 e. The van der Waals surface area contributed by atoms with Crippen LogP contribution in [0.3, 0.4) is 0 Å². The van der Waals surface area contributed by atoms with Crippen molar-refractivity contribution >= 4 is 23.2 Å². The predicted octanol–water partition coefficient (Wildman–Crippen LogP) is 3.85. The summed E-state index contributed by atoms with van der Waals surface area (Å²) >= 11 is 0. The molecule has 5 nitrogen and oxygen atoms in total. The third-order valence-electron chi connectivity index (χ3n) is 4.15. The minimum Gasteiger partial charge on any atom is -0.492 e. The van der Waals surface area contributed by atoms with E-state index in [0.29, 0.717) is 12.2 Å². The third kappa shape index (κ3) is 4.39. The lowest BCUT2D eigenvalue weighted by molar-refractivity contribution is -0.137. The highest BCUT2D eigenvalue weighted by Crippen LogP contribution is 2.37. The van der Waals surface area contributed by atoms with Crippen molar-refractivity contribution in [1.29, 1.82) is 0 Å². The van der Waals surface area contributed by atoms with Gasteiger partial charge in [0, 0.05) is 12.6 Å². The molecule has 0 saturated heterocycles. The first kappa shape index (κ1) is 18.8. The molecule has 1 aliphatic heterocycles. The highest BCUT2D eigenvalue weighted by molar-refractivity contribution is 5.95. The number of fused-ring (bicyclic) bond motifs is 1. The molecule has 0 aromatic heterocycles. The molecule has 0 aliphatic carbocycles. The van der Waals surface area contributed by atoms with Crippen LogP contribution in [0.25, 0.3) is 0 Å². The number of benzene rings is 2. The fourth-order valence-electron chi connectivity index (χ4n) is 2.90. The van der Waals surface area contributed by atoms with Crippen LogP contribution in [-0.4, -0.2) is 18.4 Å². The Bertz CT molecular complexity index is 881. The number of amides is 2. The molecular formula is C19H17F3N2O3. The Morgan fingerprint density at radius 1 is 1.11 bits per heavy atom. The molecule has 3 rings (SSSR count). The molecule has 27 heavy (non-hydrogen) atoms. The van der Waals surface area contributed by atoms with E-state index in [9.17, 15) is 22.8 Å². The van der Waals surface area contributed by atoms with E-state index in [-0.39, 0.29) is 18.0 Å². The summed E-state index contributed by atoms with van der Waals surface area (Å²) in [6, 6.07) is 10.5. The molecule has 0 fully saturated rings. The van der Waals surface area contributed by atoms with Crippen molar-refractivity contribution in [2.24, 2.45) is 5.92 Å². The van der Waals surface area contributed by atoms with E-state index in [1.165, 1.54) is 13.0 Å². The summed E-state index contributed by atoms with van der Waals surface area (Å²) in [6.07, 6.45) is -4.31. The van der Waals surface area contributed by atoms with E-state index in [4.69, 9.17) is 4.74 Å². The first-order valence-electron chi connectivity index (χ1n) is 8.24. The second kappa shape index (κ2) is 7.30. The molecule has 8 heteroatoms. The molecule has 2 amide bonds. The first-order valence-corrected chi connectivity index (χ1v) is 8.24. The molecule has 0 bridgehead atoms. The fraction of sp³-hybridized carbons (Fsp3) is 0.263. The van der Waals surface area contributed by atoms with E-state index in [1.807, 2.05) is 18.2 Å². The fourth-order valence-corrected chi connectivity index (χ4v) is 2.90. The molecule has 1 heterocycles. The van der Waals surface area contributed by atoms with Gasteiger partial charge in [0.2, 0.25) is 11.8 Å². The van der Waals surface area contributed by atoms with Crippen molar-refractivity contribution < 1.29 is 27.5 Å². The maximum Gasteiger partial charge on any atom is 0.418 e. The number of carbonyl (C=O) groups excluding carboxylic acids is 2. The summed E-state index contributed by atoms with van der Waals surface area (Å²) in [5.74, 6) is -0.964. The van der Waals surface area contributed by atoms with E-state index in [0.717, 1.165) is 17.7 Å². The highest BCUT2D eigenvalue weighted by Gasteiger charge is 2.35. The van der Waals surface area contributed by atoms with Crippen LogP contribution in [0.5, 0.6) is 5.75 Å². The normalized spacial score (nSPS) is 16.1. The van der Waals surface area contributed by atoms with Crippen molar-refractivity contribution in [2.75, 3.05) is 17.2 Å². The van der Waals surface area contributed by atoms with Crippen molar-refractivity contribution in [3.05, 3.63) is 53.6 Å². The summed E-state index contributed by atoms with van der Waals surface area (Å²) in [6.45, 7) is 1.29. The van der Waals surface area contributed by atoms with Gasteiger partial charge in [-0.2, -0.15) is 13.2 Å². The van der Waals surface area contributed by atoms with Gasteiger partial charge >= 0.3 is 6.18 Å². The molecule has 1 unspecified atom stereocenters. The van der Waals surface area contributed by atoms with Gasteiger partial charge in [0.05, 0.1) is 17.2 Å². The molecule has 142 valence electrons. The lowest BCUT2D eigenvalue weighted by atomic mass is 9.96. The van der Waals surface area contributed by atoms with Gasteiger partial charge in [0.25, 0.3) is 0 Å². The quantitative estimate of drug-likeness (QED) is 0.853. The summed E-state index contributed by atoms with van der Waals surface area (Å²) in [5, 5.41) is 4.65. The van der Waals surface area contributed by atoms with E-state index in [1.54, 1.807) is 6.07 Å².